The van der Waals surface area contributed by atoms with Crippen molar-refractivity contribution in [2.24, 2.45) is 0 Å². The molecule has 0 aliphatic rings. The van der Waals surface area contributed by atoms with Crippen molar-refractivity contribution in [3.8, 4) is 0 Å². The molecule has 0 heterocycles. The van der Waals surface area contributed by atoms with E-state index >= 15 is 0 Å². The van der Waals surface area contributed by atoms with E-state index in [-0.39, 0.29) is 5.91 Å². The van der Waals surface area contributed by atoms with Gasteiger partial charge in [-0.25, -0.2) is 4.79 Å². The molecule has 0 fully saturated rings. The number of methoxy groups -OCH3 is 1. The molecule has 0 aromatic heterocycles. The van der Waals surface area contributed by atoms with Gasteiger partial charge in [0.2, 0.25) is 5.91 Å². The maximum atomic E-state index is 11.5. The van der Waals surface area contributed by atoms with Crippen LogP contribution in [0.3, 0.4) is 0 Å². The Bertz CT molecular complexity index is 412. The van der Waals surface area contributed by atoms with Crippen molar-refractivity contribution < 1.29 is 14.3 Å². The first-order valence-corrected chi connectivity index (χ1v) is 8.25. The highest BCUT2D eigenvalue weighted by molar-refractivity contribution is 8.76. The Morgan fingerprint density at radius 2 is 1.95 bits per heavy atom. The lowest BCUT2D eigenvalue weighted by atomic mass is 10.2. The molecule has 0 saturated carbocycles. The normalized spacial score (nSPS) is 11.7. The quantitative estimate of drug-likeness (QED) is 0.475. The number of hydrogen-bond donors (Lipinski definition) is 1. The first kappa shape index (κ1) is 15.9. The Morgan fingerprint density at radius 3 is 2.53 bits per heavy atom. The summed E-state index contributed by atoms with van der Waals surface area (Å²) in [6.45, 7) is 1.39. The van der Waals surface area contributed by atoms with E-state index in [1.54, 1.807) is 21.6 Å². The summed E-state index contributed by atoms with van der Waals surface area (Å²) in [7, 11) is 4.51. The Hall–Kier alpha value is -1.14. The largest absolute Gasteiger partial charge is 0.467 e. The van der Waals surface area contributed by atoms with Crippen LogP contribution in [0, 0.1) is 0 Å². The molecule has 0 saturated heterocycles. The number of amides is 1. The summed E-state index contributed by atoms with van der Waals surface area (Å²) in [5.41, 5.74) is 1.23. The molecule has 1 atom stereocenters. The minimum Gasteiger partial charge on any atom is -0.467 e. The lowest BCUT2D eigenvalue weighted by molar-refractivity contribution is -0.144. The van der Waals surface area contributed by atoms with Crippen LogP contribution in [0.4, 0.5) is 0 Å². The van der Waals surface area contributed by atoms with E-state index in [1.807, 2.05) is 18.2 Å². The van der Waals surface area contributed by atoms with E-state index in [0.29, 0.717) is 5.75 Å². The second kappa shape index (κ2) is 8.87. The molecule has 1 N–H and O–H groups in total. The molecule has 19 heavy (non-hydrogen) atoms. The van der Waals surface area contributed by atoms with E-state index in [2.05, 4.69) is 22.2 Å². The number of esters is 1. The van der Waals surface area contributed by atoms with Crippen LogP contribution in [0.25, 0.3) is 0 Å². The molecule has 0 spiro atoms. The number of carbonyl (C=O) groups is 2. The van der Waals surface area contributed by atoms with Gasteiger partial charge in [-0.15, -0.1) is 0 Å². The average Bonchev–Trinajstić information content (AvgIpc) is 2.42. The standard InChI is InChI=1S/C13H17NO3S2/c1-10(15)14-12(13(16)17-2)9-19-18-8-11-6-4-3-5-7-11/h3-7,12H,8-9H2,1-2H3,(H,14,15)/t12-/m0/s1. The van der Waals surface area contributed by atoms with Crippen molar-refractivity contribution in [3.05, 3.63) is 35.9 Å². The predicted octanol–water partition coefficient (Wildman–Crippen LogP) is 2.25. The van der Waals surface area contributed by atoms with Gasteiger partial charge in [-0.2, -0.15) is 0 Å². The first-order valence-electron chi connectivity index (χ1n) is 5.76. The minimum absolute atomic E-state index is 0.232. The van der Waals surface area contributed by atoms with Crippen molar-refractivity contribution in [2.45, 2.75) is 18.7 Å². The summed E-state index contributed by atoms with van der Waals surface area (Å²) < 4.78 is 4.65. The smallest absolute Gasteiger partial charge is 0.329 e. The van der Waals surface area contributed by atoms with Crippen LogP contribution >= 0.6 is 21.6 Å². The van der Waals surface area contributed by atoms with E-state index < -0.39 is 12.0 Å². The summed E-state index contributed by atoms with van der Waals surface area (Å²) in [6, 6.07) is 9.49. The molecule has 0 aliphatic carbocycles. The second-order valence-electron chi connectivity index (χ2n) is 3.81. The van der Waals surface area contributed by atoms with Crippen molar-refractivity contribution in [1.82, 2.24) is 5.32 Å². The van der Waals surface area contributed by atoms with Gasteiger partial charge in [0.25, 0.3) is 0 Å². The van der Waals surface area contributed by atoms with Gasteiger partial charge >= 0.3 is 5.97 Å². The topological polar surface area (TPSA) is 55.4 Å². The fraction of sp³-hybridized carbons (Fsp3) is 0.385. The third-order valence-electron chi connectivity index (χ3n) is 2.25. The van der Waals surface area contributed by atoms with Crippen LogP contribution in [0.2, 0.25) is 0 Å². The van der Waals surface area contributed by atoms with E-state index in [9.17, 15) is 9.59 Å². The van der Waals surface area contributed by atoms with E-state index in [1.165, 1.54) is 19.6 Å². The average molecular weight is 299 g/mol. The second-order valence-corrected chi connectivity index (χ2v) is 6.32. The molecular formula is C13H17NO3S2. The molecule has 0 bridgehead atoms. The van der Waals surface area contributed by atoms with Gasteiger partial charge in [-0.1, -0.05) is 51.9 Å². The summed E-state index contributed by atoms with van der Waals surface area (Å²) >= 11 is 0. The fourth-order valence-electron chi connectivity index (χ4n) is 1.36. The zero-order valence-electron chi connectivity index (χ0n) is 10.9. The molecular weight excluding hydrogens is 282 g/mol. The maximum absolute atomic E-state index is 11.5. The van der Waals surface area contributed by atoms with Gasteiger partial charge in [-0.3, -0.25) is 4.79 Å². The first-order chi connectivity index (χ1) is 9.13. The number of ether oxygens (including phenoxy) is 1. The van der Waals surface area contributed by atoms with Gasteiger partial charge in [0.15, 0.2) is 0 Å². The molecule has 4 nitrogen and oxygen atoms in total. The molecule has 0 radical (unpaired) electrons. The third-order valence-corrected chi connectivity index (χ3v) is 4.60. The Kier molecular flexibility index (Phi) is 7.43. The number of rotatable bonds is 7. The number of carbonyl (C=O) groups excluding carboxylic acids is 2. The molecule has 6 heteroatoms. The highest BCUT2D eigenvalue weighted by Crippen LogP contribution is 2.26. The van der Waals surface area contributed by atoms with Gasteiger partial charge < -0.3 is 10.1 Å². The van der Waals surface area contributed by atoms with Crippen LogP contribution in [-0.4, -0.2) is 30.8 Å². The number of hydrogen-bond acceptors (Lipinski definition) is 5. The lowest BCUT2D eigenvalue weighted by Crippen LogP contribution is -2.42. The molecule has 1 amide bonds. The van der Waals surface area contributed by atoms with Crippen molar-refractivity contribution in [2.75, 3.05) is 12.9 Å². The fourth-order valence-corrected chi connectivity index (χ4v) is 3.58. The number of benzene rings is 1. The van der Waals surface area contributed by atoms with Gasteiger partial charge in [0.05, 0.1) is 7.11 Å². The maximum Gasteiger partial charge on any atom is 0.329 e. The monoisotopic (exact) mass is 299 g/mol. The van der Waals surface area contributed by atoms with E-state index in [4.69, 9.17) is 0 Å². The zero-order valence-corrected chi connectivity index (χ0v) is 12.6. The Morgan fingerprint density at radius 1 is 1.26 bits per heavy atom. The minimum atomic E-state index is -0.587. The summed E-state index contributed by atoms with van der Waals surface area (Å²) in [4.78, 5) is 22.4. The molecule has 0 aliphatic heterocycles. The Balaban J connectivity index is 2.32. The van der Waals surface area contributed by atoms with Crippen molar-refractivity contribution in [1.29, 1.82) is 0 Å². The summed E-state index contributed by atoms with van der Waals surface area (Å²) in [5.74, 6) is 0.704. The lowest BCUT2D eigenvalue weighted by Gasteiger charge is -2.14. The molecule has 0 unspecified atom stereocenters. The van der Waals surface area contributed by atoms with Crippen molar-refractivity contribution >= 4 is 33.5 Å². The SMILES string of the molecule is COC(=O)[C@H](CSSCc1ccccc1)NC(C)=O. The van der Waals surface area contributed by atoms with Gasteiger partial charge in [0, 0.05) is 18.4 Å². The zero-order chi connectivity index (χ0) is 14.1. The molecule has 1 rings (SSSR count). The highest BCUT2D eigenvalue weighted by Gasteiger charge is 2.19. The van der Waals surface area contributed by atoms with Crippen molar-refractivity contribution in [3.63, 3.8) is 0 Å². The molecule has 1 aromatic rings. The highest BCUT2D eigenvalue weighted by atomic mass is 33.1. The van der Waals surface area contributed by atoms with Crippen LogP contribution < -0.4 is 5.32 Å². The van der Waals surface area contributed by atoms with Crippen LogP contribution in [0.15, 0.2) is 30.3 Å². The van der Waals surface area contributed by atoms with Gasteiger partial charge in [-0.05, 0) is 5.56 Å². The van der Waals surface area contributed by atoms with Crippen LogP contribution in [0.1, 0.15) is 12.5 Å². The van der Waals surface area contributed by atoms with Crippen LogP contribution in [0.5, 0.6) is 0 Å². The summed E-state index contributed by atoms with van der Waals surface area (Å²) in [6.07, 6.45) is 0. The van der Waals surface area contributed by atoms with Crippen LogP contribution in [-0.2, 0) is 20.1 Å². The molecule has 1 aromatic carbocycles. The van der Waals surface area contributed by atoms with Gasteiger partial charge in [0.1, 0.15) is 6.04 Å². The predicted molar refractivity (Wildman–Crippen MR) is 79.8 cm³/mol. The third kappa shape index (κ3) is 6.54. The Labute approximate surface area is 121 Å². The summed E-state index contributed by atoms with van der Waals surface area (Å²) in [5, 5.41) is 2.58. The molecule has 104 valence electrons. The number of nitrogens with one attached hydrogen (secondary N) is 1. The van der Waals surface area contributed by atoms with E-state index in [0.717, 1.165) is 5.75 Å².